The Hall–Kier alpha value is -2.02. The minimum absolute atomic E-state index is 0.413. The summed E-state index contributed by atoms with van der Waals surface area (Å²) in [4.78, 5) is 2.42. The van der Waals surface area contributed by atoms with Gasteiger partial charge in [-0.25, -0.2) is 0 Å². The molecule has 0 amide bonds. The molecule has 0 fully saturated rings. The Balaban J connectivity index is -0.000000197. The van der Waals surface area contributed by atoms with E-state index in [-0.39, 0.29) is 0 Å². The van der Waals surface area contributed by atoms with Gasteiger partial charge >= 0.3 is 197 Å². The van der Waals surface area contributed by atoms with Crippen molar-refractivity contribution in [1.82, 2.24) is 4.90 Å². The Morgan fingerprint density at radius 3 is 1.52 bits per heavy atom. The maximum atomic E-state index is 7.50. The van der Waals surface area contributed by atoms with Crippen LogP contribution in [-0.4, -0.2) is 28.6 Å². The molecule has 8 heteroatoms. The fraction of sp³-hybridized carbons (Fsp3) is 0.391. The first-order chi connectivity index (χ1) is 15.1. The van der Waals surface area contributed by atoms with Crippen molar-refractivity contribution in [1.29, 1.82) is 0 Å². The van der Waals surface area contributed by atoms with Crippen molar-refractivity contribution in [2.24, 2.45) is 5.92 Å². The Kier molecular flexibility index (Phi) is 45.1. The van der Waals surface area contributed by atoms with Crippen LogP contribution in [0.5, 0.6) is 0 Å². The van der Waals surface area contributed by atoms with Crippen molar-refractivity contribution >= 4 is 4.02 Å². The fourth-order valence-corrected chi connectivity index (χ4v) is 3.65. The van der Waals surface area contributed by atoms with Gasteiger partial charge in [-0.05, 0) is 0 Å². The van der Waals surface area contributed by atoms with Crippen LogP contribution in [-0.2, 0) is 47.4 Å². The number of nitrogens with zero attached hydrogens (tertiary/aromatic N) is 1. The average molecular weight is 597 g/mol. The van der Waals surface area contributed by atoms with E-state index in [0.29, 0.717) is 5.92 Å². The zero-order valence-electron chi connectivity index (χ0n) is 18.2. The molecule has 166 valence electrons. The molecule has 0 bridgehead atoms. The number of likely N-dealkylation sites (N-methyl/N-ethyl adjacent to an activating group) is 1. The van der Waals surface area contributed by atoms with Gasteiger partial charge in [-0.1, -0.05) is 0 Å². The summed E-state index contributed by atoms with van der Waals surface area (Å²) in [5, 5.41) is 0. The molecule has 1 aliphatic rings. The Labute approximate surface area is 196 Å². The van der Waals surface area contributed by atoms with E-state index < -0.39 is 0 Å². The summed E-state index contributed by atoms with van der Waals surface area (Å²) in [5.41, 5.74) is 1.31. The van der Waals surface area contributed by atoms with E-state index in [9.17, 15) is 0 Å². The topological polar surface area (TPSA) is 112 Å². The molecule has 0 heterocycles. The zero-order chi connectivity index (χ0) is 25.7. The minimum atomic E-state index is 0.413. The van der Waals surface area contributed by atoms with Crippen LogP contribution in [0, 0.1) is 39.2 Å². The van der Waals surface area contributed by atoms with Crippen LogP contribution in [0.2, 0.25) is 0 Å². The van der Waals surface area contributed by atoms with E-state index in [0.717, 1.165) is 31.9 Å². The predicted molar refractivity (Wildman–Crippen MR) is 107 cm³/mol. The van der Waals surface area contributed by atoms with Crippen molar-refractivity contribution in [2.45, 2.75) is 34.1 Å². The summed E-state index contributed by atoms with van der Waals surface area (Å²) in [6, 6.07) is 0. The van der Waals surface area contributed by atoms with Crippen LogP contribution < -0.4 is 0 Å². The molecule has 0 aliphatic heterocycles. The summed E-state index contributed by atoms with van der Waals surface area (Å²) in [5.74, 6) is 1.55. The molecule has 0 N–H and O–H groups in total. The molecule has 0 aromatic heterocycles. The second kappa shape index (κ2) is 35.4. The molecule has 1 aliphatic carbocycles. The van der Waals surface area contributed by atoms with E-state index in [1.807, 2.05) is 0 Å². The van der Waals surface area contributed by atoms with Gasteiger partial charge in [0, 0.05) is 0 Å². The third-order valence-electron chi connectivity index (χ3n) is 3.58. The van der Waals surface area contributed by atoms with Gasteiger partial charge in [-0.15, -0.1) is 0 Å². The first-order valence-electron chi connectivity index (χ1n) is 8.79. The summed E-state index contributed by atoms with van der Waals surface area (Å²) in [6.45, 7) is 34.0. The Bertz CT molecular complexity index is 611. The van der Waals surface area contributed by atoms with Crippen molar-refractivity contribution in [3.05, 3.63) is 81.0 Å². The maximum absolute atomic E-state index is 7.50. The summed E-state index contributed by atoms with van der Waals surface area (Å²) in [6.07, 6.45) is 13.8. The van der Waals surface area contributed by atoms with Crippen LogP contribution in [0.3, 0.4) is 0 Å². The summed E-state index contributed by atoms with van der Waals surface area (Å²) < 4.78 is 44.9. The normalized spacial score (nSPS) is 11.2. The first-order valence-corrected chi connectivity index (χ1v) is 10.3. The number of rotatable bonds is 8. The van der Waals surface area contributed by atoms with Gasteiger partial charge in [-0.3, -0.25) is 0 Å². The molecule has 0 saturated carbocycles. The molecular weight excluding hydrogens is 570 g/mol. The molecule has 0 saturated heterocycles. The predicted octanol–water partition coefficient (Wildman–Crippen LogP) is 3.82. The molecule has 0 aromatic carbocycles. The van der Waals surface area contributed by atoms with E-state index in [2.05, 4.69) is 102 Å². The third kappa shape index (κ3) is 21.0. The Morgan fingerprint density at radius 1 is 0.806 bits per heavy atom. The van der Waals surface area contributed by atoms with Gasteiger partial charge in [0.2, 0.25) is 0 Å². The quantitative estimate of drug-likeness (QED) is 0.241. The van der Waals surface area contributed by atoms with Gasteiger partial charge in [0.05, 0.1) is 0 Å². The SMILES string of the molecule is CCO/C(CC1C=CC=CC=C1)=C(/C)[C](=[W])N(CC)CC.[C-]#[O+].[C-]#[O+].[C-]#[O+].[C-]#[O+].[C-]#[O+]. The van der Waals surface area contributed by atoms with Crippen molar-refractivity contribution in [2.75, 3.05) is 19.7 Å². The van der Waals surface area contributed by atoms with Crippen LogP contribution in [0.15, 0.2) is 47.8 Å². The van der Waals surface area contributed by atoms with Crippen molar-refractivity contribution in [3.63, 3.8) is 0 Å². The molecule has 1 rings (SSSR count). The summed E-state index contributed by atoms with van der Waals surface area (Å²) in [7, 11) is 0. The third-order valence-corrected chi connectivity index (χ3v) is 5.61. The fourth-order valence-electron chi connectivity index (χ4n) is 2.32. The van der Waals surface area contributed by atoms with E-state index in [1.165, 1.54) is 28.9 Å². The van der Waals surface area contributed by atoms with E-state index in [1.54, 1.807) is 0 Å². The van der Waals surface area contributed by atoms with Crippen LogP contribution >= 0.6 is 0 Å². The molecular formula is C23H27NO6W. The molecule has 0 radical (unpaired) electrons. The van der Waals surface area contributed by atoms with Crippen LogP contribution in [0.1, 0.15) is 34.1 Å². The van der Waals surface area contributed by atoms with E-state index in [4.69, 9.17) is 28.0 Å². The number of hydrogen-bond donors (Lipinski definition) is 0. The standard InChI is InChI=1S/C18H27NO.5CO.W/c1-5-19(6-2)15-16(4)18(20-7-3)14-17-12-10-8-9-11-13-17;5*1-2;/h8-13,17H,5-7,14H2,1-4H3;;;;;;/b18-16-;;;;;;. The molecule has 7 nitrogen and oxygen atoms in total. The van der Waals surface area contributed by atoms with Gasteiger partial charge in [0.1, 0.15) is 0 Å². The van der Waals surface area contributed by atoms with Crippen LogP contribution in [0.4, 0.5) is 0 Å². The van der Waals surface area contributed by atoms with Gasteiger partial charge in [0.15, 0.2) is 0 Å². The molecule has 0 spiro atoms. The molecule has 31 heavy (non-hydrogen) atoms. The average Bonchev–Trinajstić information content (AvgIpc) is 3.14. The summed E-state index contributed by atoms with van der Waals surface area (Å²) >= 11 is 1.51. The molecule has 0 aromatic rings. The number of hydrogen-bond acceptors (Lipinski definition) is 2. The second-order valence-electron chi connectivity index (χ2n) is 4.98. The van der Waals surface area contributed by atoms with Crippen LogP contribution in [0.25, 0.3) is 0 Å². The number of ether oxygens (including phenoxy) is 1. The van der Waals surface area contributed by atoms with E-state index >= 15 is 0 Å². The number of allylic oxidation sites excluding steroid dienone is 7. The molecule has 0 atom stereocenters. The Morgan fingerprint density at radius 2 is 1.19 bits per heavy atom. The van der Waals surface area contributed by atoms with Gasteiger partial charge in [-0.2, -0.15) is 0 Å². The first kappa shape index (κ1) is 39.5. The zero-order valence-corrected chi connectivity index (χ0v) is 21.1. The van der Waals surface area contributed by atoms with Gasteiger partial charge in [0.25, 0.3) is 0 Å². The monoisotopic (exact) mass is 597 g/mol. The van der Waals surface area contributed by atoms with Crippen molar-refractivity contribution in [3.8, 4) is 0 Å². The van der Waals surface area contributed by atoms with Crippen molar-refractivity contribution < 1.29 is 47.4 Å². The molecule has 0 unspecified atom stereocenters. The van der Waals surface area contributed by atoms with Gasteiger partial charge < -0.3 is 0 Å². The second-order valence-corrected chi connectivity index (χ2v) is 6.37.